The molecule has 1 heterocycles. The van der Waals surface area contributed by atoms with Crippen LogP contribution in [0.5, 0.6) is 0 Å². The van der Waals surface area contributed by atoms with Crippen molar-refractivity contribution in [1.82, 2.24) is 9.21 Å². The van der Waals surface area contributed by atoms with Gasteiger partial charge in [0.05, 0.1) is 5.75 Å². The Morgan fingerprint density at radius 3 is 2.43 bits per heavy atom. The monoisotopic (exact) mass is 338 g/mol. The lowest BCUT2D eigenvalue weighted by molar-refractivity contribution is -0.131. The maximum absolute atomic E-state index is 12.4. The summed E-state index contributed by atoms with van der Waals surface area (Å²) < 4.78 is 25.4. The van der Waals surface area contributed by atoms with Crippen molar-refractivity contribution in [1.29, 1.82) is 0 Å². The Hall–Kier alpha value is -1.40. The minimum absolute atomic E-state index is 0.112. The van der Waals surface area contributed by atoms with Crippen LogP contribution in [0, 0.1) is 6.92 Å². The summed E-state index contributed by atoms with van der Waals surface area (Å²) in [5, 5.41) is 0. The van der Waals surface area contributed by atoms with Crippen LogP contribution in [0.1, 0.15) is 30.9 Å². The molecule has 1 aromatic carbocycles. The Balaban J connectivity index is 1.87. The average molecular weight is 338 g/mol. The molecular weight excluding hydrogens is 312 g/mol. The number of aryl methyl sites for hydroxylation is 2. The Morgan fingerprint density at radius 2 is 1.78 bits per heavy atom. The molecule has 1 aliphatic heterocycles. The van der Waals surface area contributed by atoms with Crippen LogP contribution in [0.3, 0.4) is 0 Å². The zero-order chi connectivity index (χ0) is 16.9. The summed E-state index contributed by atoms with van der Waals surface area (Å²) in [5.41, 5.74) is 2.37. The SMILES string of the molecule is CCS(=O)(=O)N1CCCN(C(=O)CCc2ccc(C)cc2)CC1. The molecule has 0 radical (unpaired) electrons. The van der Waals surface area contributed by atoms with Gasteiger partial charge in [-0.25, -0.2) is 12.7 Å². The second-order valence-electron chi connectivity index (χ2n) is 6.02. The van der Waals surface area contributed by atoms with Gasteiger partial charge in [0.25, 0.3) is 0 Å². The van der Waals surface area contributed by atoms with Gasteiger partial charge in [-0.3, -0.25) is 4.79 Å². The lowest BCUT2D eigenvalue weighted by Crippen LogP contribution is -2.38. The van der Waals surface area contributed by atoms with Crippen LogP contribution in [0.4, 0.5) is 0 Å². The van der Waals surface area contributed by atoms with Gasteiger partial charge < -0.3 is 4.90 Å². The quantitative estimate of drug-likeness (QED) is 0.823. The average Bonchev–Trinajstić information content (AvgIpc) is 2.80. The lowest BCUT2D eigenvalue weighted by atomic mass is 10.1. The standard InChI is InChI=1S/C17H26N2O3S/c1-3-23(21,22)19-12-4-11-18(13-14-19)17(20)10-9-16-7-5-15(2)6-8-16/h5-8H,3-4,9-14H2,1-2H3. The van der Waals surface area contributed by atoms with E-state index in [1.807, 2.05) is 6.92 Å². The fourth-order valence-electron chi connectivity index (χ4n) is 2.77. The van der Waals surface area contributed by atoms with Crippen LogP contribution in [-0.2, 0) is 21.2 Å². The Kier molecular flexibility index (Phi) is 6.18. The molecular formula is C17H26N2O3S. The number of carbonyl (C=O) groups excluding carboxylic acids is 1. The number of nitrogens with zero attached hydrogens (tertiary/aromatic N) is 2. The van der Waals surface area contributed by atoms with E-state index in [9.17, 15) is 13.2 Å². The number of rotatable bonds is 5. The van der Waals surface area contributed by atoms with Crippen LogP contribution in [0.15, 0.2) is 24.3 Å². The van der Waals surface area contributed by atoms with Gasteiger partial charge in [-0.05, 0) is 32.3 Å². The normalized spacial score (nSPS) is 17.0. The third-order valence-electron chi connectivity index (χ3n) is 4.31. The second-order valence-corrected chi connectivity index (χ2v) is 8.28. The van der Waals surface area contributed by atoms with Crippen molar-refractivity contribution >= 4 is 15.9 Å². The van der Waals surface area contributed by atoms with E-state index >= 15 is 0 Å². The molecule has 1 aliphatic rings. The highest BCUT2D eigenvalue weighted by Gasteiger charge is 2.25. The van der Waals surface area contributed by atoms with Crippen molar-refractivity contribution in [3.8, 4) is 0 Å². The number of sulfonamides is 1. The van der Waals surface area contributed by atoms with Gasteiger partial charge in [0, 0.05) is 32.6 Å². The molecule has 2 rings (SSSR count). The van der Waals surface area contributed by atoms with E-state index in [1.54, 1.807) is 11.8 Å². The van der Waals surface area contributed by atoms with Gasteiger partial charge in [-0.15, -0.1) is 0 Å². The molecule has 0 aliphatic carbocycles. The van der Waals surface area contributed by atoms with Crippen molar-refractivity contribution in [2.45, 2.75) is 33.1 Å². The van der Waals surface area contributed by atoms with E-state index in [2.05, 4.69) is 24.3 Å². The summed E-state index contributed by atoms with van der Waals surface area (Å²) in [4.78, 5) is 14.2. The highest BCUT2D eigenvalue weighted by molar-refractivity contribution is 7.89. The van der Waals surface area contributed by atoms with Crippen LogP contribution in [0.25, 0.3) is 0 Å². The van der Waals surface area contributed by atoms with E-state index < -0.39 is 10.0 Å². The fourth-order valence-corrected chi connectivity index (χ4v) is 3.90. The molecule has 0 spiro atoms. The van der Waals surface area contributed by atoms with Crippen molar-refractivity contribution < 1.29 is 13.2 Å². The maximum atomic E-state index is 12.4. The first-order valence-corrected chi connectivity index (χ1v) is 9.84. The molecule has 1 saturated heterocycles. The Morgan fingerprint density at radius 1 is 1.09 bits per heavy atom. The van der Waals surface area contributed by atoms with E-state index in [1.165, 1.54) is 9.87 Å². The van der Waals surface area contributed by atoms with Gasteiger partial charge in [-0.1, -0.05) is 29.8 Å². The molecule has 5 nitrogen and oxygen atoms in total. The largest absolute Gasteiger partial charge is 0.341 e. The summed E-state index contributed by atoms with van der Waals surface area (Å²) in [5.74, 6) is 0.232. The number of benzene rings is 1. The Labute approximate surface area is 139 Å². The summed E-state index contributed by atoms with van der Waals surface area (Å²) in [6.45, 7) is 5.76. The predicted molar refractivity (Wildman–Crippen MR) is 91.7 cm³/mol. The molecule has 1 amide bonds. The highest BCUT2D eigenvalue weighted by Crippen LogP contribution is 2.11. The van der Waals surface area contributed by atoms with Gasteiger partial charge in [0.15, 0.2) is 0 Å². The van der Waals surface area contributed by atoms with Crippen LogP contribution in [0.2, 0.25) is 0 Å². The molecule has 128 valence electrons. The molecule has 6 heteroatoms. The first-order chi connectivity index (χ1) is 10.9. The maximum Gasteiger partial charge on any atom is 0.222 e. The highest BCUT2D eigenvalue weighted by atomic mass is 32.2. The molecule has 1 fully saturated rings. The summed E-state index contributed by atoms with van der Waals surface area (Å²) >= 11 is 0. The molecule has 23 heavy (non-hydrogen) atoms. The summed E-state index contributed by atoms with van der Waals surface area (Å²) in [6.07, 6.45) is 1.91. The van der Waals surface area contributed by atoms with E-state index in [0.29, 0.717) is 39.0 Å². The fraction of sp³-hybridized carbons (Fsp3) is 0.588. The molecule has 0 aromatic heterocycles. The molecule has 1 aromatic rings. The third kappa shape index (κ3) is 5.04. The first-order valence-electron chi connectivity index (χ1n) is 8.23. The second kappa shape index (κ2) is 7.93. The van der Waals surface area contributed by atoms with Gasteiger partial charge in [0.2, 0.25) is 15.9 Å². The molecule has 0 saturated carbocycles. The van der Waals surface area contributed by atoms with Crippen LogP contribution in [-0.4, -0.2) is 55.5 Å². The number of carbonyl (C=O) groups is 1. The zero-order valence-corrected chi connectivity index (χ0v) is 14.8. The van der Waals surface area contributed by atoms with Crippen LogP contribution >= 0.6 is 0 Å². The molecule has 0 bridgehead atoms. The number of hydrogen-bond acceptors (Lipinski definition) is 3. The van der Waals surface area contributed by atoms with Gasteiger partial charge >= 0.3 is 0 Å². The lowest BCUT2D eigenvalue weighted by Gasteiger charge is -2.21. The topological polar surface area (TPSA) is 57.7 Å². The van der Waals surface area contributed by atoms with E-state index in [4.69, 9.17) is 0 Å². The first kappa shape index (κ1) is 17.9. The third-order valence-corrected chi connectivity index (χ3v) is 6.20. The predicted octanol–water partition coefficient (Wildman–Crippen LogP) is 1.81. The van der Waals surface area contributed by atoms with E-state index in [-0.39, 0.29) is 11.7 Å². The summed E-state index contributed by atoms with van der Waals surface area (Å²) in [6, 6.07) is 8.22. The van der Waals surface area contributed by atoms with Crippen molar-refractivity contribution in [2.75, 3.05) is 31.9 Å². The number of amides is 1. The number of hydrogen-bond donors (Lipinski definition) is 0. The smallest absolute Gasteiger partial charge is 0.222 e. The minimum atomic E-state index is -3.16. The molecule has 0 unspecified atom stereocenters. The van der Waals surface area contributed by atoms with Gasteiger partial charge in [-0.2, -0.15) is 0 Å². The van der Waals surface area contributed by atoms with Crippen molar-refractivity contribution in [2.24, 2.45) is 0 Å². The Bertz CT molecular complexity index is 626. The van der Waals surface area contributed by atoms with Crippen molar-refractivity contribution in [3.05, 3.63) is 35.4 Å². The van der Waals surface area contributed by atoms with Crippen molar-refractivity contribution in [3.63, 3.8) is 0 Å². The molecule has 0 atom stereocenters. The molecule has 0 N–H and O–H groups in total. The zero-order valence-electron chi connectivity index (χ0n) is 14.0. The van der Waals surface area contributed by atoms with Crippen LogP contribution < -0.4 is 0 Å². The minimum Gasteiger partial charge on any atom is -0.341 e. The summed E-state index contributed by atoms with van der Waals surface area (Å²) in [7, 11) is -3.16. The van der Waals surface area contributed by atoms with E-state index in [0.717, 1.165) is 12.0 Å². The van der Waals surface area contributed by atoms with Gasteiger partial charge in [0.1, 0.15) is 0 Å².